The quantitative estimate of drug-likeness (QED) is 0.382. The molecule has 0 heterocycles. The Morgan fingerprint density at radius 1 is 0.719 bits per heavy atom. The van der Waals surface area contributed by atoms with Crippen molar-refractivity contribution in [3.63, 3.8) is 0 Å². The molecule has 0 atom stereocenters. The first kappa shape index (κ1) is 21.9. The van der Waals surface area contributed by atoms with Crippen molar-refractivity contribution in [3.05, 3.63) is 106 Å². The fourth-order valence-electron chi connectivity index (χ4n) is 4.23. The summed E-state index contributed by atoms with van der Waals surface area (Å²) in [5.74, 6) is 13.9. The number of halogens is 1. The van der Waals surface area contributed by atoms with Crippen molar-refractivity contribution in [3.8, 4) is 23.7 Å². The van der Waals surface area contributed by atoms with E-state index in [1.54, 1.807) is 6.07 Å². The molecular weight excluding hydrogens is 391 g/mol. The summed E-state index contributed by atoms with van der Waals surface area (Å²) < 4.78 is 13.9. The third-order valence-electron chi connectivity index (χ3n) is 6.32. The second-order valence-electron chi connectivity index (χ2n) is 9.09. The highest BCUT2D eigenvalue weighted by atomic mass is 19.1. The van der Waals surface area contributed by atoms with Crippen LogP contribution in [0.3, 0.4) is 0 Å². The second kappa shape index (κ2) is 10.3. The molecule has 0 aromatic heterocycles. The third-order valence-corrected chi connectivity index (χ3v) is 6.32. The van der Waals surface area contributed by atoms with Gasteiger partial charge < -0.3 is 0 Å². The number of hydrogen-bond acceptors (Lipinski definition) is 0. The minimum absolute atomic E-state index is 0.278. The highest BCUT2D eigenvalue weighted by molar-refractivity contribution is 5.48. The van der Waals surface area contributed by atoms with Crippen LogP contribution < -0.4 is 0 Å². The number of rotatable bonds is 2. The Bertz CT molecular complexity index is 1170. The minimum Gasteiger partial charge on any atom is -0.206 e. The van der Waals surface area contributed by atoms with E-state index in [0.717, 1.165) is 34.1 Å². The molecule has 0 aliphatic heterocycles. The van der Waals surface area contributed by atoms with Crippen molar-refractivity contribution < 1.29 is 4.39 Å². The molecule has 0 spiro atoms. The lowest BCUT2D eigenvalue weighted by molar-refractivity contribution is 0.289. The Labute approximate surface area is 191 Å². The Kier molecular flexibility index (Phi) is 7.09. The smallest absolute Gasteiger partial charge is 0.139 e. The molecule has 0 saturated heterocycles. The molecule has 3 aromatic rings. The third kappa shape index (κ3) is 6.12. The molecule has 0 unspecified atom stereocenters. The number of hydrogen-bond donors (Lipinski definition) is 0. The molecule has 0 amide bonds. The van der Waals surface area contributed by atoms with E-state index in [1.807, 2.05) is 37.3 Å². The highest BCUT2D eigenvalue weighted by Crippen LogP contribution is 2.30. The predicted molar refractivity (Wildman–Crippen MR) is 131 cm³/mol. The molecule has 1 heteroatoms. The van der Waals surface area contributed by atoms with Gasteiger partial charge in [0.2, 0.25) is 0 Å². The van der Waals surface area contributed by atoms with Crippen molar-refractivity contribution in [2.75, 3.05) is 0 Å². The van der Waals surface area contributed by atoms with Crippen molar-refractivity contribution in [1.29, 1.82) is 0 Å². The fraction of sp³-hybridized carbons (Fsp3) is 0.290. The maximum absolute atomic E-state index is 13.9. The maximum atomic E-state index is 13.9. The lowest BCUT2D eigenvalue weighted by atomic mass is 9.80. The zero-order valence-corrected chi connectivity index (χ0v) is 18.9. The van der Waals surface area contributed by atoms with E-state index in [4.69, 9.17) is 0 Å². The van der Waals surface area contributed by atoms with E-state index in [2.05, 4.69) is 54.9 Å². The van der Waals surface area contributed by atoms with Gasteiger partial charge in [0.15, 0.2) is 0 Å². The summed E-state index contributed by atoms with van der Waals surface area (Å²) in [7, 11) is 0. The van der Waals surface area contributed by atoms with Gasteiger partial charge in [0.05, 0.1) is 5.56 Å². The normalized spacial score (nSPS) is 17.6. The number of aryl methyl sites for hydroxylation is 1. The van der Waals surface area contributed by atoms with E-state index in [0.29, 0.717) is 5.56 Å². The SMILES string of the molecule is Cc1ccc(C#Cc2ccc(C#Cc3ccc(CC4CCC(C)CC4)cc3)cc2)c(F)c1. The van der Waals surface area contributed by atoms with Crippen LogP contribution in [0, 0.1) is 48.3 Å². The zero-order chi connectivity index (χ0) is 22.3. The monoisotopic (exact) mass is 420 g/mol. The van der Waals surface area contributed by atoms with Crippen molar-refractivity contribution in [1.82, 2.24) is 0 Å². The standard InChI is InChI=1S/C31H29F/c1-23-3-6-28(7-4-23)22-29-16-14-26(15-17-29)9-8-25-10-12-27(13-11-25)18-20-30-19-5-24(2)21-31(30)32/h5,10-17,19,21,23,28H,3-4,6-7,22H2,1-2H3. The molecule has 0 nitrogen and oxygen atoms in total. The van der Waals surface area contributed by atoms with E-state index in [9.17, 15) is 4.39 Å². The Morgan fingerprint density at radius 2 is 1.25 bits per heavy atom. The maximum Gasteiger partial charge on any atom is 0.139 e. The second-order valence-corrected chi connectivity index (χ2v) is 9.09. The molecule has 1 aliphatic rings. The van der Waals surface area contributed by atoms with Crippen molar-refractivity contribution >= 4 is 0 Å². The molecular formula is C31H29F. The minimum atomic E-state index is -0.278. The van der Waals surface area contributed by atoms with Crippen LogP contribution in [0.2, 0.25) is 0 Å². The Hall–Kier alpha value is -3.29. The van der Waals surface area contributed by atoms with Gasteiger partial charge in [0.1, 0.15) is 5.82 Å². The van der Waals surface area contributed by atoms with E-state index in [-0.39, 0.29) is 5.82 Å². The summed E-state index contributed by atoms with van der Waals surface area (Å²) in [6.07, 6.45) is 6.67. The van der Waals surface area contributed by atoms with Crippen LogP contribution in [0.1, 0.15) is 66.0 Å². The highest BCUT2D eigenvalue weighted by Gasteiger charge is 2.18. The summed E-state index contributed by atoms with van der Waals surface area (Å²) in [6, 6.07) is 21.6. The molecule has 0 bridgehead atoms. The van der Waals surface area contributed by atoms with Gasteiger partial charge in [-0.25, -0.2) is 4.39 Å². The van der Waals surface area contributed by atoms with Crippen LogP contribution in [0.25, 0.3) is 0 Å². The average Bonchev–Trinajstić information content (AvgIpc) is 2.80. The Balaban J connectivity index is 1.36. The van der Waals surface area contributed by atoms with Crippen LogP contribution >= 0.6 is 0 Å². The van der Waals surface area contributed by atoms with Gasteiger partial charge in [-0.2, -0.15) is 0 Å². The Morgan fingerprint density at radius 3 is 1.81 bits per heavy atom. The van der Waals surface area contributed by atoms with Gasteiger partial charge in [0, 0.05) is 16.7 Å². The molecule has 0 N–H and O–H groups in total. The predicted octanol–water partition coefficient (Wildman–Crippen LogP) is 7.30. The first-order valence-corrected chi connectivity index (χ1v) is 11.5. The van der Waals surface area contributed by atoms with E-state index >= 15 is 0 Å². The number of benzene rings is 3. The van der Waals surface area contributed by atoms with Crippen LogP contribution in [-0.4, -0.2) is 0 Å². The topological polar surface area (TPSA) is 0 Å². The molecule has 160 valence electrons. The summed E-state index contributed by atoms with van der Waals surface area (Å²) in [4.78, 5) is 0. The molecule has 1 fully saturated rings. The summed E-state index contributed by atoms with van der Waals surface area (Å²) in [6.45, 7) is 4.24. The van der Waals surface area contributed by atoms with Gasteiger partial charge in [-0.05, 0) is 97.7 Å². The van der Waals surface area contributed by atoms with Crippen LogP contribution in [0.15, 0.2) is 66.7 Å². The molecule has 1 saturated carbocycles. The van der Waals surface area contributed by atoms with Gasteiger partial charge >= 0.3 is 0 Å². The van der Waals surface area contributed by atoms with Gasteiger partial charge in [-0.3, -0.25) is 0 Å². The fourth-order valence-corrected chi connectivity index (χ4v) is 4.23. The molecule has 32 heavy (non-hydrogen) atoms. The lowest BCUT2D eigenvalue weighted by Gasteiger charge is -2.26. The van der Waals surface area contributed by atoms with E-state index in [1.165, 1.54) is 43.7 Å². The summed E-state index contributed by atoms with van der Waals surface area (Å²) >= 11 is 0. The molecule has 0 radical (unpaired) electrons. The molecule has 3 aromatic carbocycles. The summed E-state index contributed by atoms with van der Waals surface area (Å²) in [5, 5.41) is 0. The van der Waals surface area contributed by atoms with Gasteiger partial charge in [-0.1, -0.05) is 61.6 Å². The van der Waals surface area contributed by atoms with Crippen molar-refractivity contribution in [2.45, 2.75) is 46.0 Å². The van der Waals surface area contributed by atoms with Crippen LogP contribution in [0.5, 0.6) is 0 Å². The van der Waals surface area contributed by atoms with Gasteiger partial charge in [-0.15, -0.1) is 0 Å². The molecule has 4 rings (SSSR count). The summed E-state index contributed by atoms with van der Waals surface area (Å²) in [5.41, 5.74) is 5.55. The first-order valence-electron chi connectivity index (χ1n) is 11.5. The zero-order valence-electron chi connectivity index (χ0n) is 18.9. The largest absolute Gasteiger partial charge is 0.206 e. The average molecular weight is 421 g/mol. The molecule has 1 aliphatic carbocycles. The van der Waals surface area contributed by atoms with Gasteiger partial charge in [0.25, 0.3) is 0 Å². The van der Waals surface area contributed by atoms with Crippen molar-refractivity contribution in [2.24, 2.45) is 11.8 Å². The first-order chi connectivity index (χ1) is 15.5. The van der Waals surface area contributed by atoms with Crippen LogP contribution in [0.4, 0.5) is 4.39 Å². The van der Waals surface area contributed by atoms with E-state index < -0.39 is 0 Å². The lowest BCUT2D eigenvalue weighted by Crippen LogP contribution is -2.14. The van der Waals surface area contributed by atoms with Crippen LogP contribution in [-0.2, 0) is 6.42 Å².